The second-order valence-corrected chi connectivity index (χ2v) is 9.99. The fraction of sp³-hybridized carbons (Fsp3) is 0.304. The number of halogens is 3. The lowest BCUT2D eigenvalue weighted by atomic mass is 10.0. The Balaban J connectivity index is 1.72. The van der Waals surface area contributed by atoms with E-state index in [0.29, 0.717) is 32.6 Å². The molecule has 3 rings (SSSR count). The average Bonchev–Trinajstić information content (AvgIpc) is 3.20. The van der Waals surface area contributed by atoms with Gasteiger partial charge in [-0.3, -0.25) is 9.59 Å². The van der Waals surface area contributed by atoms with Crippen molar-refractivity contribution >= 4 is 56.8 Å². The summed E-state index contributed by atoms with van der Waals surface area (Å²) in [6, 6.07) is 10.8. The number of benzene rings is 2. The van der Waals surface area contributed by atoms with E-state index in [-0.39, 0.29) is 29.2 Å². The molecule has 0 bridgehead atoms. The smallest absolute Gasteiger partial charge is 0.253 e. The predicted octanol–water partition coefficient (Wildman–Crippen LogP) is 5.71. The van der Waals surface area contributed by atoms with Crippen molar-refractivity contribution < 1.29 is 14.0 Å². The number of thioether (sulfide) groups is 1. The number of aromatic nitrogens is 3. The van der Waals surface area contributed by atoms with Crippen LogP contribution in [0.4, 0.5) is 10.1 Å². The van der Waals surface area contributed by atoms with Gasteiger partial charge in [-0.25, -0.2) is 4.39 Å². The maximum Gasteiger partial charge on any atom is 0.253 e. The Kier molecular flexibility index (Phi) is 9.10. The maximum absolute atomic E-state index is 14.0. The van der Waals surface area contributed by atoms with Crippen molar-refractivity contribution in [3.05, 3.63) is 69.2 Å². The Morgan fingerprint density at radius 1 is 1.21 bits per heavy atom. The highest BCUT2D eigenvalue weighted by atomic mass is 79.9. The van der Waals surface area contributed by atoms with Gasteiger partial charge in [0.05, 0.1) is 28.1 Å². The quantitative estimate of drug-likeness (QED) is 0.323. The van der Waals surface area contributed by atoms with Crippen LogP contribution < -0.4 is 10.6 Å². The number of rotatable bonds is 9. The van der Waals surface area contributed by atoms with Crippen LogP contribution in [0.15, 0.2) is 52.1 Å². The van der Waals surface area contributed by atoms with Crippen LogP contribution in [-0.4, -0.2) is 32.3 Å². The van der Waals surface area contributed by atoms with Crippen molar-refractivity contribution in [1.29, 1.82) is 0 Å². The summed E-state index contributed by atoms with van der Waals surface area (Å²) in [5.74, 6) is -0.583. The van der Waals surface area contributed by atoms with Crippen molar-refractivity contribution in [1.82, 2.24) is 20.1 Å². The third kappa shape index (κ3) is 6.37. The highest BCUT2D eigenvalue weighted by Gasteiger charge is 2.27. The number of nitrogens with zero attached hydrogens (tertiary/aromatic N) is 3. The first-order valence-electron chi connectivity index (χ1n) is 10.6. The molecular formula is C23H24BrClFN5O2S. The summed E-state index contributed by atoms with van der Waals surface area (Å²) in [5.41, 5.74) is 0.484. The van der Waals surface area contributed by atoms with E-state index < -0.39 is 11.9 Å². The Morgan fingerprint density at radius 2 is 1.94 bits per heavy atom. The lowest BCUT2D eigenvalue weighted by Gasteiger charge is -2.22. The molecule has 7 nitrogen and oxygen atoms in total. The number of carbonyl (C=O) groups excluding carboxylic acids is 2. The zero-order valence-electron chi connectivity index (χ0n) is 18.8. The molecule has 34 heavy (non-hydrogen) atoms. The molecule has 0 aliphatic heterocycles. The second-order valence-electron chi connectivity index (χ2n) is 7.72. The molecular weight excluding hydrogens is 545 g/mol. The average molecular weight is 569 g/mol. The van der Waals surface area contributed by atoms with Crippen molar-refractivity contribution in [2.45, 2.75) is 38.5 Å². The summed E-state index contributed by atoms with van der Waals surface area (Å²) in [7, 11) is 0. The molecule has 180 valence electrons. The van der Waals surface area contributed by atoms with E-state index in [0.717, 1.165) is 0 Å². The van der Waals surface area contributed by atoms with Gasteiger partial charge in [0, 0.05) is 11.0 Å². The highest BCUT2D eigenvalue weighted by molar-refractivity contribution is 9.10. The summed E-state index contributed by atoms with van der Waals surface area (Å²) in [4.78, 5) is 25.2. The molecule has 1 atom stereocenters. The molecule has 0 saturated carbocycles. The van der Waals surface area contributed by atoms with E-state index in [9.17, 15) is 14.0 Å². The van der Waals surface area contributed by atoms with Crippen LogP contribution in [-0.2, 0) is 11.3 Å². The van der Waals surface area contributed by atoms with Crippen LogP contribution >= 0.6 is 39.3 Å². The van der Waals surface area contributed by atoms with Crippen molar-refractivity contribution in [3.63, 3.8) is 0 Å². The van der Waals surface area contributed by atoms with Crippen LogP contribution in [0.2, 0.25) is 5.02 Å². The van der Waals surface area contributed by atoms with Crippen LogP contribution in [0.5, 0.6) is 0 Å². The SMILES string of the molecule is CCn1c(SCC(=O)Nc2ccc(Br)cc2F)nnc1[C@@H](NC(=O)c1ccccc1Cl)C(C)C. The number of nitrogens with one attached hydrogen (secondary N) is 2. The zero-order chi connectivity index (χ0) is 24.8. The molecule has 0 aliphatic rings. The van der Waals surface area contributed by atoms with Gasteiger partial charge >= 0.3 is 0 Å². The number of amides is 2. The van der Waals surface area contributed by atoms with Crippen molar-refractivity contribution in [3.8, 4) is 0 Å². The molecule has 2 aromatic carbocycles. The van der Waals surface area contributed by atoms with Gasteiger partial charge in [-0.15, -0.1) is 10.2 Å². The van der Waals surface area contributed by atoms with Gasteiger partial charge in [0.15, 0.2) is 11.0 Å². The van der Waals surface area contributed by atoms with Crippen molar-refractivity contribution in [2.24, 2.45) is 5.92 Å². The Bertz CT molecular complexity index is 1190. The van der Waals surface area contributed by atoms with Crippen LogP contribution in [0.3, 0.4) is 0 Å². The molecule has 0 aliphatic carbocycles. The molecule has 0 fully saturated rings. The number of carbonyl (C=O) groups is 2. The summed E-state index contributed by atoms with van der Waals surface area (Å²) < 4.78 is 16.4. The van der Waals surface area contributed by atoms with E-state index in [4.69, 9.17) is 11.6 Å². The van der Waals surface area contributed by atoms with Crippen LogP contribution in [0.25, 0.3) is 0 Å². The number of hydrogen-bond donors (Lipinski definition) is 2. The molecule has 0 saturated heterocycles. The molecule has 3 aromatic rings. The van der Waals surface area contributed by atoms with E-state index >= 15 is 0 Å². The van der Waals surface area contributed by atoms with Gasteiger partial charge in [-0.2, -0.15) is 0 Å². The summed E-state index contributed by atoms with van der Waals surface area (Å²) >= 11 is 10.6. The minimum atomic E-state index is -0.527. The third-order valence-corrected chi connectivity index (χ3v) is 6.74. The van der Waals surface area contributed by atoms with Gasteiger partial charge in [0.1, 0.15) is 5.82 Å². The zero-order valence-corrected chi connectivity index (χ0v) is 22.0. The first kappa shape index (κ1) is 26.2. The summed E-state index contributed by atoms with van der Waals surface area (Å²) in [6.07, 6.45) is 0. The predicted molar refractivity (Wildman–Crippen MR) is 136 cm³/mol. The van der Waals surface area contributed by atoms with Gasteiger partial charge in [0.2, 0.25) is 5.91 Å². The number of anilines is 1. The molecule has 0 radical (unpaired) electrons. The Morgan fingerprint density at radius 3 is 2.59 bits per heavy atom. The van der Waals surface area contributed by atoms with Gasteiger partial charge in [-0.1, -0.05) is 65.3 Å². The fourth-order valence-corrected chi connectivity index (χ4v) is 4.60. The molecule has 2 N–H and O–H groups in total. The lowest BCUT2D eigenvalue weighted by molar-refractivity contribution is -0.113. The van der Waals surface area contributed by atoms with E-state index in [1.807, 2.05) is 25.3 Å². The normalized spacial score (nSPS) is 12.0. The Hall–Kier alpha value is -2.43. The van der Waals surface area contributed by atoms with E-state index in [1.54, 1.807) is 30.3 Å². The van der Waals surface area contributed by atoms with Gasteiger partial charge in [0.25, 0.3) is 5.91 Å². The van der Waals surface area contributed by atoms with Crippen LogP contribution in [0.1, 0.15) is 43.0 Å². The highest BCUT2D eigenvalue weighted by Crippen LogP contribution is 2.27. The lowest BCUT2D eigenvalue weighted by Crippen LogP contribution is -2.34. The summed E-state index contributed by atoms with van der Waals surface area (Å²) in [6.45, 7) is 6.42. The maximum atomic E-state index is 14.0. The Labute approximate surface area is 215 Å². The minimum absolute atomic E-state index is 0.0162. The number of hydrogen-bond acceptors (Lipinski definition) is 5. The monoisotopic (exact) mass is 567 g/mol. The minimum Gasteiger partial charge on any atom is -0.342 e. The third-order valence-electron chi connectivity index (χ3n) is 4.95. The summed E-state index contributed by atoms with van der Waals surface area (Å²) in [5, 5.41) is 15.0. The molecule has 1 aromatic heterocycles. The van der Waals surface area contributed by atoms with E-state index in [2.05, 4.69) is 36.8 Å². The fourth-order valence-electron chi connectivity index (χ4n) is 3.24. The topological polar surface area (TPSA) is 88.9 Å². The van der Waals surface area contributed by atoms with Crippen molar-refractivity contribution in [2.75, 3.05) is 11.1 Å². The molecule has 0 spiro atoms. The van der Waals surface area contributed by atoms with Gasteiger partial charge < -0.3 is 15.2 Å². The largest absolute Gasteiger partial charge is 0.342 e. The standard InChI is InChI=1S/C23H24BrClFN5O2S/c1-4-31-21(20(13(2)3)28-22(33)15-7-5-6-8-16(15)25)29-30-23(31)34-12-19(32)27-18-10-9-14(24)11-17(18)26/h5-11,13,20H,4,12H2,1-3H3,(H,27,32)(H,28,33)/t20-/m0/s1. The molecule has 1 heterocycles. The molecule has 11 heteroatoms. The van der Waals surface area contributed by atoms with E-state index in [1.165, 1.54) is 23.9 Å². The molecule has 0 unspecified atom stereocenters. The van der Waals surface area contributed by atoms with Crippen LogP contribution in [0, 0.1) is 11.7 Å². The first-order valence-corrected chi connectivity index (χ1v) is 12.7. The molecule has 2 amide bonds. The van der Waals surface area contributed by atoms with Gasteiger partial charge in [-0.05, 0) is 43.2 Å². The first-order chi connectivity index (χ1) is 16.2. The second kappa shape index (κ2) is 11.8.